The molecule has 14 heavy (non-hydrogen) atoms. The molecule has 3 N–H and O–H groups in total. The molecular weight excluding hydrogens is 216 g/mol. The first kappa shape index (κ1) is 9.37. The van der Waals surface area contributed by atoms with Gasteiger partial charge < -0.3 is 11.1 Å². The van der Waals surface area contributed by atoms with E-state index in [-0.39, 0.29) is 0 Å². The van der Waals surface area contributed by atoms with Crippen molar-refractivity contribution < 1.29 is 0 Å². The number of rotatable bonds is 2. The summed E-state index contributed by atoms with van der Waals surface area (Å²) >= 11 is 7.30. The summed E-state index contributed by atoms with van der Waals surface area (Å²) in [6.07, 6.45) is 0. The minimum Gasteiger partial charge on any atom is -0.397 e. The first-order valence-electron chi connectivity index (χ1n) is 4.12. The molecule has 1 aromatic carbocycles. The molecule has 0 spiro atoms. The lowest BCUT2D eigenvalue weighted by Crippen LogP contribution is -1.93. The fourth-order valence-corrected chi connectivity index (χ4v) is 2.08. The Bertz CT molecular complexity index is 439. The van der Waals surface area contributed by atoms with Crippen molar-refractivity contribution in [2.75, 3.05) is 11.1 Å². The summed E-state index contributed by atoms with van der Waals surface area (Å²) in [7, 11) is 0. The predicted octanol–water partition coefficient (Wildman–Crippen LogP) is 3.73. The maximum atomic E-state index is 5.81. The van der Waals surface area contributed by atoms with Gasteiger partial charge in [-0.3, -0.25) is 0 Å². The summed E-state index contributed by atoms with van der Waals surface area (Å²) in [5, 5.41) is 4.20. The molecule has 0 unspecified atom stereocenters. The molecule has 2 rings (SSSR count). The average molecular weight is 225 g/mol. The van der Waals surface area contributed by atoms with Gasteiger partial charge in [-0.05, 0) is 24.3 Å². The Morgan fingerprint density at radius 2 is 1.93 bits per heavy atom. The van der Waals surface area contributed by atoms with E-state index < -0.39 is 0 Å². The van der Waals surface area contributed by atoms with Crippen molar-refractivity contribution in [2.45, 2.75) is 0 Å². The molecule has 2 aromatic rings. The van der Waals surface area contributed by atoms with E-state index in [4.69, 9.17) is 17.3 Å². The molecule has 72 valence electrons. The lowest BCUT2D eigenvalue weighted by atomic mass is 10.3. The van der Waals surface area contributed by atoms with Gasteiger partial charge in [0.1, 0.15) is 0 Å². The van der Waals surface area contributed by atoms with Crippen LogP contribution in [0.4, 0.5) is 16.4 Å². The van der Waals surface area contributed by atoms with Crippen LogP contribution in [0, 0.1) is 0 Å². The third-order valence-corrected chi connectivity index (χ3v) is 2.94. The maximum absolute atomic E-state index is 5.81. The quantitative estimate of drug-likeness (QED) is 0.763. The molecule has 0 aliphatic rings. The minimum atomic E-state index is 0.733. The second-order valence-corrected chi connectivity index (χ2v) is 4.53. The number of para-hydroxylation sites is 2. The van der Waals surface area contributed by atoms with Crippen LogP contribution in [0.25, 0.3) is 0 Å². The van der Waals surface area contributed by atoms with E-state index in [2.05, 4.69) is 5.32 Å². The molecule has 0 atom stereocenters. The number of nitrogens with one attached hydrogen (secondary N) is 1. The van der Waals surface area contributed by atoms with Crippen LogP contribution in [0.2, 0.25) is 4.34 Å². The zero-order valence-electron chi connectivity index (χ0n) is 7.33. The Morgan fingerprint density at radius 3 is 2.57 bits per heavy atom. The summed E-state index contributed by atoms with van der Waals surface area (Å²) in [5.74, 6) is 0. The van der Waals surface area contributed by atoms with E-state index in [0.29, 0.717) is 0 Å². The minimum absolute atomic E-state index is 0.733. The summed E-state index contributed by atoms with van der Waals surface area (Å²) < 4.78 is 0.766. The molecule has 0 bridgehead atoms. The van der Waals surface area contributed by atoms with Crippen LogP contribution in [0.5, 0.6) is 0 Å². The molecular formula is C10H9ClN2S. The molecule has 0 aliphatic carbocycles. The topological polar surface area (TPSA) is 38.0 Å². The first-order chi connectivity index (χ1) is 6.75. The van der Waals surface area contributed by atoms with Crippen molar-refractivity contribution in [1.29, 1.82) is 0 Å². The van der Waals surface area contributed by atoms with Crippen molar-refractivity contribution in [3.63, 3.8) is 0 Å². The molecule has 0 saturated carbocycles. The van der Waals surface area contributed by atoms with E-state index >= 15 is 0 Å². The molecule has 0 aliphatic heterocycles. The first-order valence-corrected chi connectivity index (χ1v) is 5.32. The summed E-state index contributed by atoms with van der Waals surface area (Å²) in [6, 6.07) is 11.4. The van der Waals surface area contributed by atoms with Gasteiger partial charge in [0.15, 0.2) is 0 Å². The smallest absolute Gasteiger partial charge is 0.0950 e. The maximum Gasteiger partial charge on any atom is 0.0950 e. The van der Waals surface area contributed by atoms with E-state index in [1.807, 2.05) is 36.4 Å². The second kappa shape index (κ2) is 3.90. The van der Waals surface area contributed by atoms with Crippen LogP contribution in [0.15, 0.2) is 36.4 Å². The molecule has 4 heteroatoms. The number of nitrogen functional groups attached to an aromatic ring is 1. The van der Waals surface area contributed by atoms with Gasteiger partial charge in [-0.25, -0.2) is 0 Å². The summed E-state index contributed by atoms with van der Waals surface area (Å²) in [5.41, 5.74) is 7.43. The summed E-state index contributed by atoms with van der Waals surface area (Å²) in [6.45, 7) is 0. The highest BCUT2D eigenvalue weighted by Crippen LogP contribution is 2.30. The second-order valence-electron chi connectivity index (χ2n) is 2.82. The molecule has 0 fully saturated rings. The fourth-order valence-electron chi connectivity index (χ4n) is 1.13. The Morgan fingerprint density at radius 1 is 1.14 bits per heavy atom. The molecule has 1 heterocycles. The number of hydrogen-bond acceptors (Lipinski definition) is 3. The van der Waals surface area contributed by atoms with E-state index in [1.165, 1.54) is 11.3 Å². The largest absolute Gasteiger partial charge is 0.397 e. The van der Waals surface area contributed by atoms with Gasteiger partial charge in [0.25, 0.3) is 0 Å². The Labute approximate surface area is 91.3 Å². The number of thiophene rings is 1. The lowest BCUT2D eigenvalue weighted by Gasteiger charge is -2.05. The van der Waals surface area contributed by atoms with Crippen LogP contribution < -0.4 is 11.1 Å². The van der Waals surface area contributed by atoms with Gasteiger partial charge in [-0.1, -0.05) is 23.7 Å². The Kier molecular flexibility index (Phi) is 2.61. The average Bonchev–Trinajstić information content (AvgIpc) is 2.56. The normalized spacial score (nSPS) is 10.1. The van der Waals surface area contributed by atoms with Gasteiger partial charge in [0.05, 0.1) is 20.7 Å². The third kappa shape index (κ3) is 2.00. The van der Waals surface area contributed by atoms with Crippen molar-refractivity contribution in [2.24, 2.45) is 0 Å². The highest BCUT2D eigenvalue weighted by atomic mass is 35.5. The number of benzene rings is 1. The molecule has 2 nitrogen and oxygen atoms in total. The zero-order chi connectivity index (χ0) is 9.97. The molecule has 0 saturated heterocycles. The van der Waals surface area contributed by atoms with Crippen molar-refractivity contribution in [3.8, 4) is 0 Å². The van der Waals surface area contributed by atoms with Gasteiger partial charge in [0, 0.05) is 0 Å². The monoisotopic (exact) mass is 224 g/mol. The number of hydrogen-bond donors (Lipinski definition) is 2. The van der Waals surface area contributed by atoms with Gasteiger partial charge in [-0.2, -0.15) is 0 Å². The zero-order valence-corrected chi connectivity index (χ0v) is 8.90. The SMILES string of the molecule is Nc1ccccc1Nc1ccc(Cl)s1. The Hall–Kier alpha value is -1.19. The molecule has 0 amide bonds. The fraction of sp³-hybridized carbons (Fsp3) is 0. The van der Waals surface area contributed by atoms with Crippen LogP contribution >= 0.6 is 22.9 Å². The summed E-state index contributed by atoms with van der Waals surface area (Å²) in [4.78, 5) is 0. The number of halogens is 1. The number of anilines is 3. The van der Waals surface area contributed by atoms with E-state index in [0.717, 1.165) is 20.7 Å². The van der Waals surface area contributed by atoms with Crippen LogP contribution in [-0.2, 0) is 0 Å². The third-order valence-electron chi connectivity index (χ3n) is 1.79. The van der Waals surface area contributed by atoms with Crippen molar-refractivity contribution in [3.05, 3.63) is 40.7 Å². The number of nitrogens with two attached hydrogens (primary N) is 1. The highest BCUT2D eigenvalue weighted by molar-refractivity contribution is 7.19. The van der Waals surface area contributed by atoms with Crippen molar-refractivity contribution >= 4 is 39.3 Å². The molecule has 0 radical (unpaired) electrons. The predicted molar refractivity (Wildman–Crippen MR) is 63.5 cm³/mol. The Balaban J connectivity index is 2.23. The van der Waals surface area contributed by atoms with Crippen LogP contribution in [-0.4, -0.2) is 0 Å². The van der Waals surface area contributed by atoms with Crippen molar-refractivity contribution in [1.82, 2.24) is 0 Å². The van der Waals surface area contributed by atoms with E-state index in [9.17, 15) is 0 Å². The lowest BCUT2D eigenvalue weighted by molar-refractivity contribution is 1.60. The van der Waals surface area contributed by atoms with Gasteiger partial charge >= 0.3 is 0 Å². The van der Waals surface area contributed by atoms with E-state index in [1.54, 1.807) is 0 Å². The standard InChI is InChI=1S/C10H9ClN2S/c11-9-5-6-10(14-9)13-8-4-2-1-3-7(8)12/h1-6,13H,12H2. The highest BCUT2D eigenvalue weighted by Gasteiger charge is 2.00. The van der Waals surface area contributed by atoms with Crippen LogP contribution in [0.1, 0.15) is 0 Å². The van der Waals surface area contributed by atoms with Gasteiger partial charge in [0.2, 0.25) is 0 Å². The molecule has 1 aromatic heterocycles. The van der Waals surface area contributed by atoms with Crippen LogP contribution in [0.3, 0.4) is 0 Å². The van der Waals surface area contributed by atoms with Gasteiger partial charge in [-0.15, -0.1) is 11.3 Å².